The molecule has 10 nitrogen and oxygen atoms in total. The van der Waals surface area contributed by atoms with Crippen LogP contribution in [0.4, 0.5) is 5.82 Å². The number of H-pyrrole nitrogens is 1. The van der Waals surface area contributed by atoms with Gasteiger partial charge in [0.05, 0.1) is 18.1 Å². The van der Waals surface area contributed by atoms with Crippen LogP contribution in [0.5, 0.6) is 0 Å². The second kappa shape index (κ2) is 12.5. The van der Waals surface area contributed by atoms with E-state index < -0.39 is 0 Å². The number of aryl methyl sites for hydroxylation is 1. The lowest BCUT2D eigenvalue weighted by Gasteiger charge is -2.32. The maximum Gasteiger partial charge on any atom is 0.175 e. The van der Waals surface area contributed by atoms with Crippen molar-refractivity contribution in [2.24, 2.45) is 10.7 Å². The van der Waals surface area contributed by atoms with Crippen molar-refractivity contribution in [2.75, 3.05) is 20.6 Å². The van der Waals surface area contributed by atoms with Crippen LogP contribution in [-0.4, -0.2) is 57.7 Å². The number of hydrogen-bond donors (Lipinski definition) is 4. The van der Waals surface area contributed by atoms with Gasteiger partial charge in [0.2, 0.25) is 0 Å². The topological polar surface area (TPSA) is 124 Å². The minimum atomic E-state index is 0.259. The number of nitrogens with one attached hydrogen (secondary N) is 3. The van der Waals surface area contributed by atoms with E-state index in [0.29, 0.717) is 29.9 Å². The quantitative estimate of drug-likeness (QED) is 0.188. The molecule has 0 bridgehead atoms. The van der Waals surface area contributed by atoms with Gasteiger partial charge in [0.15, 0.2) is 11.6 Å². The lowest BCUT2D eigenvalue weighted by molar-refractivity contribution is 0.201. The van der Waals surface area contributed by atoms with E-state index in [2.05, 4.69) is 85.6 Å². The molecule has 1 atom stereocenters. The van der Waals surface area contributed by atoms with Gasteiger partial charge >= 0.3 is 0 Å². The van der Waals surface area contributed by atoms with E-state index in [4.69, 9.17) is 10.3 Å². The number of aromatic nitrogens is 3. The summed E-state index contributed by atoms with van der Waals surface area (Å²) in [7, 11) is 4.15. The molecule has 1 aliphatic rings. The molecular weight excluding hydrogens is 478 g/mol. The number of aromatic amines is 1. The van der Waals surface area contributed by atoms with E-state index in [0.717, 1.165) is 36.1 Å². The molecule has 0 saturated heterocycles. The first-order chi connectivity index (χ1) is 18.3. The standard InChI is InChI=1S/C28H39N9O/c1-19-13-24(38-35-19)16-30-21(3)31-28(15-26(29)32-27-14-25(33-34-27)23-11-12-23)37(5)17-20(2)36(4)18-22-9-7-6-8-10-22/h6-10,13-15,20,23,30-31H,3,11-12,16-18H2,1-2,4-5H3,(H3,29,32,33,34)/t20-/m1/s1. The zero-order valence-corrected chi connectivity index (χ0v) is 22.7. The summed E-state index contributed by atoms with van der Waals surface area (Å²) < 4.78 is 5.29. The molecule has 5 N–H and O–H groups in total. The summed E-state index contributed by atoms with van der Waals surface area (Å²) in [6.45, 7) is 10.3. The fraction of sp³-hybridized carbons (Fsp3) is 0.393. The van der Waals surface area contributed by atoms with E-state index >= 15 is 0 Å². The summed E-state index contributed by atoms with van der Waals surface area (Å²) in [5.41, 5.74) is 9.58. The summed E-state index contributed by atoms with van der Waals surface area (Å²) in [5.74, 6) is 3.59. The number of nitrogens with two attached hydrogens (primary N) is 1. The molecule has 3 aromatic rings. The number of aliphatic imine (C=N–C) groups is 1. The van der Waals surface area contributed by atoms with Crippen molar-refractivity contribution in [1.82, 2.24) is 35.8 Å². The third-order valence-corrected chi connectivity index (χ3v) is 6.54. The normalized spacial score (nSPS) is 15.0. The Hall–Kier alpha value is -4.05. The molecule has 0 amide bonds. The highest BCUT2D eigenvalue weighted by Gasteiger charge is 2.25. The Morgan fingerprint density at radius 1 is 1.29 bits per heavy atom. The van der Waals surface area contributed by atoms with Crippen molar-refractivity contribution < 1.29 is 4.52 Å². The third-order valence-electron chi connectivity index (χ3n) is 6.54. The van der Waals surface area contributed by atoms with Crippen LogP contribution in [-0.2, 0) is 13.1 Å². The Balaban J connectivity index is 1.44. The molecule has 0 radical (unpaired) electrons. The molecule has 0 unspecified atom stereocenters. The van der Waals surface area contributed by atoms with Crippen molar-refractivity contribution in [3.63, 3.8) is 0 Å². The van der Waals surface area contributed by atoms with Crippen LogP contribution < -0.4 is 16.4 Å². The van der Waals surface area contributed by atoms with E-state index in [1.165, 1.54) is 18.4 Å². The van der Waals surface area contributed by atoms with Gasteiger partial charge in [0.25, 0.3) is 0 Å². The Morgan fingerprint density at radius 3 is 2.74 bits per heavy atom. The van der Waals surface area contributed by atoms with Crippen LogP contribution >= 0.6 is 0 Å². The van der Waals surface area contributed by atoms with Gasteiger partial charge in [-0.25, -0.2) is 4.99 Å². The monoisotopic (exact) mass is 517 g/mol. The van der Waals surface area contributed by atoms with Gasteiger partial charge in [-0.05, 0) is 39.3 Å². The minimum absolute atomic E-state index is 0.259. The van der Waals surface area contributed by atoms with Crippen LogP contribution in [0.25, 0.3) is 0 Å². The van der Waals surface area contributed by atoms with E-state index in [1.54, 1.807) is 6.08 Å². The van der Waals surface area contributed by atoms with Crippen molar-refractivity contribution >= 4 is 11.7 Å². The summed E-state index contributed by atoms with van der Waals surface area (Å²) in [6, 6.07) is 14.6. The van der Waals surface area contributed by atoms with E-state index in [9.17, 15) is 0 Å². The fourth-order valence-corrected chi connectivity index (χ4v) is 4.09. The van der Waals surface area contributed by atoms with Crippen molar-refractivity contribution in [3.8, 4) is 0 Å². The largest absolute Gasteiger partial charge is 0.384 e. The number of benzene rings is 1. The Morgan fingerprint density at radius 2 is 2.05 bits per heavy atom. The molecule has 38 heavy (non-hydrogen) atoms. The fourth-order valence-electron chi connectivity index (χ4n) is 4.09. The predicted molar refractivity (Wildman–Crippen MR) is 150 cm³/mol. The molecule has 10 heteroatoms. The summed E-state index contributed by atoms with van der Waals surface area (Å²) in [4.78, 5) is 8.95. The molecule has 1 aliphatic carbocycles. The average Bonchev–Trinajstić information content (AvgIpc) is 3.49. The zero-order chi connectivity index (χ0) is 27.1. The second-order valence-corrected chi connectivity index (χ2v) is 10.0. The summed E-state index contributed by atoms with van der Waals surface area (Å²) >= 11 is 0. The highest BCUT2D eigenvalue weighted by molar-refractivity contribution is 5.93. The van der Waals surface area contributed by atoms with Crippen LogP contribution in [0.2, 0.25) is 0 Å². The highest BCUT2D eigenvalue weighted by Crippen LogP contribution is 2.39. The number of likely N-dealkylation sites (N-methyl/N-ethyl adjacent to an activating group) is 2. The zero-order valence-electron chi connectivity index (χ0n) is 22.7. The van der Waals surface area contributed by atoms with Crippen LogP contribution in [0.3, 0.4) is 0 Å². The van der Waals surface area contributed by atoms with Crippen LogP contribution in [0.15, 0.2) is 76.3 Å². The molecule has 0 aliphatic heterocycles. The van der Waals surface area contributed by atoms with Crippen LogP contribution in [0.1, 0.15) is 48.4 Å². The molecule has 1 saturated carbocycles. The second-order valence-electron chi connectivity index (χ2n) is 10.0. The predicted octanol–water partition coefficient (Wildman–Crippen LogP) is 3.72. The van der Waals surface area contributed by atoms with Gasteiger partial charge in [-0.15, -0.1) is 0 Å². The lowest BCUT2D eigenvalue weighted by Crippen LogP contribution is -2.41. The van der Waals surface area contributed by atoms with Gasteiger partial charge in [-0.3, -0.25) is 10.00 Å². The van der Waals surface area contributed by atoms with Gasteiger partial charge < -0.3 is 25.8 Å². The highest BCUT2D eigenvalue weighted by atomic mass is 16.5. The first-order valence-corrected chi connectivity index (χ1v) is 12.9. The van der Waals surface area contributed by atoms with Gasteiger partial charge in [0, 0.05) is 56.0 Å². The Kier molecular flexibility index (Phi) is 8.85. The lowest BCUT2D eigenvalue weighted by atomic mass is 10.2. The van der Waals surface area contributed by atoms with Crippen molar-refractivity contribution in [3.05, 3.63) is 89.5 Å². The molecule has 1 fully saturated rings. The molecule has 2 heterocycles. The Bertz CT molecular complexity index is 1260. The molecule has 4 rings (SSSR count). The van der Waals surface area contributed by atoms with Crippen molar-refractivity contribution in [1.29, 1.82) is 0 Å². The third kappa shape index (κ3) is 7.97. The maximum atomic E-state index is 6.35. The molecule has 1 aromatic carbocycles. The van der Waals surface area contributed by atoms with Gasteiger partial charge in [-0.1, -0.05) is 42.1 Å². The maximum absolute atomic E-state index is 6.35. The summed E-state index contributed by atoms with van der Waals surface area (Å²) in [6.07, 6.45) is 4.19. The SMILES string of the molecule is C=C(NCc1cc(C)no1)NC(=CC(N)=Nc1cc(C2CC2)[nH]n1)N(C)C[C@@H](C)N(C)Cc1ccccc1. The minimum Gasteiger partial charge on any atom is -0.384 e. The smallest absolute Gasteiger partial charge is 0.175 e. The Labute approximate surface area is 224 Å². The van der Waals surface area contributed by atoms with Gasteiger partial charge in [0.1, 0.15) is 11.7 Å². The average molecular weight is 518 g/mol. The first kappa shape index (κ1) is 27.0. The van der Waals surface area contributed by atoms with E-state index in [1.807, 2.05) is 32.2 Å². The first-order valence-electron chi connectivity index (χ1n) is 12.9. The van der Waals surface area contributed by atoms with Crippen molar-refractivity contribution in [2.45, 2.75) is 51.7 Å². The molecular formula is C28H39N9O. The van der Waals surface area contributed by atoms with Crippen LogP contribution in [0, 0.1) is 6.92 Å². The van der Waals surface area contributed by atoms with Gasteiger partial charge in [-0.2, -0.15) is 5.10 Å². The summed E-state index contributed by atoms with van der Waals surface area (Å²) in [5, 5.41) is 17.9. The molecule has 2 aromatic heterocycles. The van der Waals surface area contributed by atoms with E-state index in [-0.39, 0.29) is 6.04 Å². The number of amidine groups is 1. The molecule has 0 spiro atoms. The number of rotatable bonds is 14. The number of nitrogens with zero attached hydrogens (tertiary/aromatic N) is 5. The number of hydrogen-bond acceptors (Lipinski definition) is 8. The molecule has 202 valence electrons.